The molecule has 0 N–H and O–H groups in total. The average molecular weight is 309 g/mol. The largest absolute Gasteiger partial charge is 0.432 e. The monoisotopic (exact) mass is 309 g/mol. The SMILES string of the molecule is C=NC12CCC3(C)OOC14C(OC(=O)C(C)C4CCC2C)O3. The predicted molar refractivity (Wildman–Crippen MR) is 76.8 cm³/mol. The summed E-state index contributed by atoms with van der Waals surface area (Å²) < 4.78 is 11.7. The van der Waals surface area contributed by atoms with E-state index >= 15 is 0 Å². The summed E-state index contributed by atoms with van der Waals surface area (Å²) in [6, 6.07) is 0. The molecule has 5 rings (SSSR count). The fourth-order valence-corrected chi connectivity index (χ4v) is 5.06. The number of nitrogens with zero attached hydrogens (tertiary/aromatic N) is 1. The van der Waals surface area contributed by atoms with Crippen LogP contribution in [0.15, 0.2) is 4.99 Å². The van der Waals surface area contributed by atoms with E-state index in [-0.39, 0.29) is 23.7 Å². The van der Waals surface area contributed by atoms with Gasteiger partial charge in [0.15, 0.2) is 5.60 Å². The number of carbonyl (C=O) groups is 1. The highest BCUT2D eigenvalue weighted by molar-refractivity contribution is 5.74. The summed E-state index contributed by atoms with van der Waals surface area (Å²) in [5, 5.41) is 0. The summed E-state index contributed by atoms with van der Waals surface area (Å²) in [4.78, 5) is 28.5. The number of hydrogen-bond donors (Lipinski definition) is 0. The molecule has 0 radical (unpaired) electrons. The summed E-state index contributed by atoms with van der Waals surface area (Å²) in [5.74, 6) is -1.17. The summed E-state index contributed by atoms with van der Waals surface area (Å²) in [6.45, 7) is 9.76. The molecule has 0 aromatic rings. The molecule has 7 unspecified atom stereocenters. The molecule has 122 valence electrons. The summed E-state index contributed by atoms with van der Waals surface area (Å²) in [5.41, 5.74) is -1.44. The van der Waals surface area contributed by atoms with Gasteiger partial charge < -0.3 is 9.47 Å². The van der Waals surface area contributed by atoms with Crippen LogP contribution < -0.4 is 0 Å². The zero-order valence-corrected chi connectivity index (χ0v) is 13.3. The van der Waals surface area contributed by atoms with Crippen LogP contribution in [0.2, 0.25) is 0 Å². The first-order valence-electron chi connectivity index (χ1n) is 8.11. The van der Waals surface area contributed by atoms with E-state index in [4.69, 9.17) is 19.2 Å². The van der Waals surface area contributed by atoms with E-state index in [1.807, 2.05) is 13.8 Å². The van der Waals surface area contributed by atoms with E-state index in [9.17, 15) is 4.79 Å². The lowest BCUT2D eigenvalue weighted by Crippen LogP contribution is -2.75. The van der Waals surface area contributed by atoms with Gasteiger partial charge in [0.2, 0.25) is 12.1 Å². The molecule has 0 amide bonds. The van der Waals surface area contributed by atoms with Crippen molar-refractivity contribution in [2.24, 2.45) is 22.7 Å². The van der Waals surface area contributed by atoms with Crippen molar-refractivity contribution in [2.75, 3.05) is 0 Å². The van der Waals surface area contributed by atoms with Gasteiger partial charge in [-0.05, 0) is 38.8 Å². The summed E-state index contributed by atoms with van der Waals surface area (Å²) in [6.07, 6.45) is 2.46. The number of hydrogen-bond acceptors (Lipinski definition) is 6. The van der Waals surface area contributed by atoms with E-state index in [1.54, 1.807) is 0 Å². The topological polar surface area (TPSA) is 66.3 Å². The molecule has 5 aliphatic rings. The van der Waals surface area contributed by atoms with Gasteiger partial charge in [0, 0.05) is 12.3 Å². The van der Waals surface area contributed by atoms with Crippen molar-refractivity contribution < 1.29 is 24.0 Å². The molecule has 1 saturated carbocycles. The molecule has 1 aliphatic carbocycles. The van der Waals surface area contributed by atoms with Crippen molar-refractivity contribution in [1.29, 1.82) is 0 Å². The Kier molecular flexibility index (Phi) is 2.86. The standard InChI is InChI=1S/C16H23NO5/c1-9-5-6-11-10(2)12(18)19-13-16(11)15(9,17-4)8-7-14(3,20-13)21-22-16/h9-11,13H,4-8H2,1-3H3. The van der Waals surface area contributed by atoms with Crippen LogP contribution in [-0.4, -0.2) is 35.9 Å². The first-order chi connectivity index (χ1) is 10.4. The lowest BCUT2D eigenvalue weighted by atomic mass is 9.54. The van der Waals surface area contributed by atoms with Crippen molar-refractivity contribution in [1.82, 2.24) is 0 Å². The van der Waals surface area contributed by atoms with E-state index in [1.165, 1.54) is 0 Å². The van der Waals surface area contributed by atoms with Crippen LogP contribution in [-0.2, 0) is 24.0 Å². The number of aliphatic imine (C=N–C) groups is 1. The first kappa shape index (κ1) is 14.6. The normalized spacial score (nSPS) is 56.8. The number of esters is 1. The van der Waals surface area contributed by atoms with Gasteiger partial charge in [0.25, 0.3) is 0 Å². The predicted octanol–water partition coefficient (Wildman–Crippen LogP) is 2.22. The van der Waals surface area contributed by atoms with Crippen molar-refractivity contribution >= 4 is 12.7 Å². The minimum absolute atomic E-state index is 0.0388. The lowest BCUT2D eigenvalue weighted by molar-refractivity contribution is -0.560. The molecule has 2 bridgehead atoms. The third kappa shape index (κ3) is 1.46. The van der Waals surface area contributed by atoms with Crippen LogP contribution in [0.1, 0.15) is 46.5 Å². The Morgan fingerprint density at radius 3 is 2.73 bits per heavy atom. The van der Waals surface area contributed by atoms with Crippen molar-refractivity contribution in [3.05, 3.63) is 0 Å². The van der Waals surface area contributed by atoms with E-state index < -0.39 is 23.2 Å². The molecule has 6 heteroatoms. The van der Waals surface area contributed by atoms with Crippen LogP contribution >= 0.6 is 0 Å². The van der Waals surface area contributed by atoms with Gasteiger partial charge in [0.05, 0.1) is 5.92 Å². The fraction of sp³-hybridized carbons (Fsp3) is 0.875. The fourth-order valence-electron chi connectivity index (χ4n) is 5.06. The second kappa shape index (κ2) is 4.30. The molecule has 7 atom stereocenters. The number of rotatable bonds is 1. The maximum absolute atomic E-state index is 12.3. The second-order valence-corrected chi connectivity index (χ2v) is 7.44. The van der Waals surface area contributed by atoms with Crippen LogP contribution in [0.25, 0.3) is 0 Å². The smallest absolute Gasteiger partial charge is 0.311 e. The molecule has 5 fully saturated rings. The van der Waals surface area contributed by atoms with E-state index in [2.05, 4.69) is 18.6 Å². The summed E-state index contributed by atoms with van der Waals surface area (Å²) >= 11 is 0. The molecular formula is C16H23NO5. The van der Waals surface area contributed by atoms with Gasteiger partial charge in [-0.1, -0.05) is 13.8 Å². The van der Waals surface area contributed by atoms with Crippen molar-refractivity contribution in [3.8, 4) is 0 Å². The van der Waals surface area contributed by atoms with E-state index in [0.717, 1.165) is 19.3 Å². The average Bonchev–Trinajstić information content (AvgIpc) is 2.69. The van der Waals surface area contributed by atoms with Crippen LogP contribution in [0.4, 0.5) is 0 Å². The maximum atomic E-state index is 12.3. The van der Waals surface area contributed by atoms with Gasteiger partial charge in [0.1, 0.15) is 5.54 Å². The van der Waals surface area contributed by atoms with Crippen molar-refractivity contribution in [3.63, 3.8) is 0 Å². The Bertz CT molecular complexity index is 539. The Morgan fingerprint density at radius 2 is 2.00 bits per heavy atom. The third-order valence-electron chi connectivity index (χ3n) is 6.46. The molecular weight excluding hydrogens is 286 g/mol. The number of carbonyl (C=O) groups excluding carboxylic acids is 1. The van der Waals surface area contributed by atoms with Crippen molar-refractivity contribution in [2.45, 2.75) is 69.7 Å². The second-order valence-electron chi connectivity index (χ2n) is 7.44. The molecule has 4 aliphatic heterocycles. The molecule has 4 saturated heterocycles. The lowest BCUT2D eigenvalue weighted by Gasteiger charge is -2.61. The number of ether oxygens (including phenoxy) is 2. The van der Waals surface area contributed by atoms with Gasteiger partial charge in [-0.3, -0.25) is 9.79 Å². The minimum Gasteiger partial charge on any atom is -0.432 e. The zero-order valence-electron chi connectivity index (χ0n) is 13.3. The third-order valence-corrected chi connectivity index (χ3v) is 6.46. The maximum Gasteiger partial charge on any atom is 0.311 e. The van der Waals surface area contributed by atoms with Crippen LogP contribution in [0, 0.1) is 17.8 Å². The Hall–Kier alpha value is -0.980. The summed E-state index contributed by atoms with van der Waals surface area (Å²) in [7, 11) is 0. The minimum atomic E-state index is -0.907. The Balaban J connectivity index is 1.94. The highest BCUT2D eigenvalue weighted by Gasteiger charge is 2.76. The quantitative estimate of drug-likeness (QED) is 0.422. The van der Waals surface area contributed by atoms with Gasteiger partial charge in [-0.25, -0.2) is 9.78 Å². The Labute approximate surface area is 130 Å². The molecule has 6 nitrogen and oxygen atoms in total. The van der Waals surface area contributed by atoms with Gasteiger partial charge in [-0.15, -0.1) is 0 Å². The zero-order chi connectivity index (χ0) is 15.8. The molecule has 4 heterocycles. The Morgan fingerprint density at radius 1 is 1.23 bits per heavy atom. The molecule has 1 spiro atoms. The first-order valence-corrected chi connectivity index (χ1v) is 8.11. The van der Waals surface area contributed by atoms with Crippen LogP contribution in [0.3, 0.4) is 0 Å². The van der Waals surface area contributed by atoms with E-state index in [0.29, 0.717) is 6.42 Å². The molecule has 0 aromatic carbocycles. The number of fused-ring (bicyclic) bond motifs is 2. The van der Waals surface area contributed by atoms with Crippen LogP contribution in [0.5, 0.6) is 0 Å². The highest BCUT2D eigenvalue weighted by atomic mass is 17.3. The van der Waals surface area contributed by atoms with Gasteiger partial charge >= 0.3 is 5.97 Å². The van der Waals surface area contributed by atoms with Gasteiger partial charge in [-0.2, -0.15) is 0 Å². The molecule has 22 heavy (non-hydrogen) atoms. The highest BCUT2D eigenvalue weighted by Crippen LogP contribution is 2.62. The molecule has 0 aromatic heterocycles.